The fourth-order valence-corrected chi connectivity index (χ4v) is 4.07. The predicted octanol–water partition coefficient (Wildman–Crippen LogP) is 3.17. The molecule has 1 aliphatic rings. The second kappa shape index (κ2) is 7.75. The van der Waals surface area contributed by atoms with Crippen LogP contribution in [0.5, 0.6) is 0 Å². The lowest BCUT2D eigenvalue weighted by molar-refractivity contribution is 0.0680. The molecule has 1 aromatic carbocycles. The first kappa shape index (κ1) is 17.5. The Morgan fingerprint density at radius 3 is 2.81 bits per heavy atom. The number of amides is 2. The zero-order valence-corrected chi connectivity index (χ0v) is 15.5. The smallest absolute Gasteiger partial charge is 0.263 e. The average Bonchev–Trinajstić information content (AvgIpc) is 3.40. The number of carbonyl (C=O) groups is 2. The average molecular weight is 380 g/mol. The van der Waals surface area contributed by atoms with Crippen LogP contribution in [0.1, 0.15) is 32.9 Å². The summed E-state index contributed by atoms with van der Waals surface area (Å²) in [4.78, 5) is 27.9. The number of benzene rings is 1. The second-order valence-electron chi connectivity index (χ2n) is 6.57. The molecular weight excluding hydrogens is 360 g/mol. The first-order chi connectivity index (χ1) is 13.2. The largest absolute Gasteiger partial charge is 0.347 e. The van der Waals surface area contributed by atoms with Crippen LogP contribution in [0.3, 0.4) is 0 Å². The lowest BCUT2D eigenvalue weighted by Gasteiger charge is -2.33. The molecule has 0 bridgehead atoms. The Hall–Kier alpha value is -2.93. The maximum absolute atomic E-state index is 12.8. The van der Waals surface area contributed by atoms with E-state index in [0.717, 1.165) is 29.8 Å². The van der Waals surface area contributed by atoms with Gasteiger partial charge in [-0.3, -0.25) is 14.7 Å². The molecule has 27 heavy (non-hydrogen) atoms. The van der Waals surface area contributed by atoms with Crippen molar-refractivity contribution in [2.24, 2.45) is 0 Å². The molecule has 1 aliphatic heterocycles. The topological polar surface area (TPSA) is 78.1 Å². The number of hydrogen-bond donors (Lipinski definition) is 2. The van der Waals surface area contributed by atoms with Gasteiger partial charge in [0, 0.05) is 24.7 Å². The summed E-state index contributed by atoms with van der Waals surface area (Å²) in [6, 6.07) is 13.3. The zero-order chi connectivity index (χ0) is 18.6. The van der Waals surface area contributed by atoms with Gasteiger partial charge >= 0.3 is 0 Å². The third-order valence-electron chi connectivity index (χ3n) is 4.72. The number of aromatic nitrogens is 2. The van der Waals surface area contributed by atoms with Crippen molar-refractivity contribution in [2.75, 3.05) is 13.1 Å². The van der Waals surface area contributed by atoms with Crippen LogP contribution < -0.4 is 5.32 Å². The number of thiophene rings is 1. The highest BCUT2D eigenvalue weighted by molar-refractivity contribution is 7.12. The normalized spacial score (nSPS) is 16.9. The monoisotopic (exact) mass is 380 g/mol. The summed E-state index contributed by atoms with van der Waals surface area (Å²) in [7, 11) is 0. The van der Waals surface area contributed by atoms with Gasteiger partial charge < -0.3 is 10.2 Å². The Bertz CT molecular complexity index is 921. The fourth-order valence-electron chi connectivity index (χ4n) is 3.38. The molecule has 4 rings (SSSR count). The van der Waals surface area contributed by atoms with Gasteiger partial charge in [0.1, 0.15) is 0 Å². The van der Waals surface area contributed by atoms with Crippen LogP contribution in [0.15, 0.2) is 54.0 Å². The van der Waals surface area contributed by atoms with Gasteiger partial charge in [0.05, 0.1) is 22.3 Å². The summed E-state index contributed by atoms with van der Waals surface area (Å²) in [5.41, 5.74) is 2.14. The molecule has 6 nitrogen and oxygen atoms in total. The third kappa shape index (κ3) is 3.78. The quantitative estimate of drug-likeness (QED) is 0.730. The molecule has 3 aromatic rings. The summed E-state index contributed by atoms with van der Waals surface area (Å²) >= 11 is 1.45. The van der Waals surface area contributed by atoms with E-state index in [1.165, 1.54) is 11.3 Å². The van der Waals surface area contributed by atoms with E-state index in [0.29, 0.717) is 17.8 Å². The molecule has 1 atom stereocenters. The van der Waals surface area contributed by atoms with E-state index in [2.05, 4.69) is 15.5 Å². The third-order valence-corrected chi connectivity index (χ3v) is 5.58. The molecule has 0 saturated carbocycles. The van der Waals surface area contributed by atoms with Gasteiger partial charge in [-0.25, -0.2) is 0 Å². The number of nitrogens with zero attached hydrogens (tertiary/aromatic N) is 2. The summed E-state index contributed by atoms with van der Waals surface area (Å²) in [5, 5.41) is 11.9. The minimum atomic E-state index is -0.168. The Kier molecular flexibility index (Phi) is 5.02. The number of likely N-dealkylation sites (tertiary alicyclic amines) is 1. The first-order valence-corrected chi connectivity index (χ1v) is 9.83. The van der Waals surface area contributed by atoms with Crippen LogP contribution in [0, 0.1) is 0 Å². The summed E-state index contributed by atoms with van der Waals surface area (Å²) in [6.45, 7) is 1.26. The highest BCUT2D eigenvalue weighted by Crippen LogP contribution is 2.22. The maximum atomic E-state index is 12.8. The zero-order valence-electron chi connectivity index (χ0n) is 14.7. The maximum Gasteiger partial charge on any atom is 0.263 e. The molecule has 2 amide bonds. The van der Waals surface area contributed by atoms with Gasteiger partial charge in [0.15, 0.2) is 0 Å². The minimum absolute atomic E-state index is 0.0391. The van der Waals surface area contributed by atoms with Gasteiger partial charge in [0.25, 0.3) is 11.8 Å². The molecule has 2 N–H and O–H groups in total. The van der Waals surface area contributed by atoms with Crippen molar-refractivity contribution >= 4 is 23.2 Å². The standard InChI is InChI=1S/C20H20N4O2S/c25-19(16-12-21-23-18(16)14-6-2-1-3-7-14)22-15-8-4-10-24(13-15)20(26)17-9-5-11-27-17/h1-3,5-7,9,11-12,15H,4,8,10,13H2,(H,21,23)(H,22,25). The van der Waals surface area contributed by atoms with Crippen LogP contribution in [-0.2, 0) is 0 Å². The molecular formula is C20H20N4O2S. The second-order valence-corrected chi connectivity index (χ2v) is 7.51. The highest BCUT2D eigenvalue weighted by Gasteiger charge is 2.27. The number of nitrogens with one attached hydrogen (secondary N) is 2. The van der Waals surface area contributed by atoms with Crippen LogP contribution in [0.25, 0.3) is 11.3 Å². The summed E-state index contributed by atoms with van der Waals surface area (Å²) in [5.74, 6) is -0.129. The molecule has 7 heteroatoms. The van der Waals surface area contributed by atoms with Crippen molar-refractivity contribution in [1.29, 1.82) is 0 Å². The van der Waals surface area contributed by atoms with Crippen molar-refractivity contribution in [3.63, 3.8) is 0 Å². The molecule has 138 valence electrons. The van der Waals surface area contributed by atoms with Crippen molar-refractivity contribution in [1.82, 2.24) is 20.4 Å². The van der Waals surface area contributed by atoms with Crippen LogP contribution in [0.4, 0.5) is 0 Å². The van der Waals surface area contributed by atoms with E-state index in [4.69, 9.17) is 0 Å². The lowest BCUT2D eigenvalue weighted by atomic mass is 10.0. The number of piperidine rings is 1. The molecule has 0 aliphatic carbocycles. The molecule has 0 spiro atoms. The Balaban J connectivity index is 1.44. The van der Waals surface area contributed by atoms with E-state index < -0.39 is 0 Å². The van der Waals surface area contributed by atoms with Gasteiger partial charge in [-0.15, -0.1) is 11.3 Å². The van der Waals surface area contributed by atoms with Crippen molar-refractivity contribution < 1.29 is 9.59 Å². The number of hydrogen-bond acceptors (Lipinski definition) is 4. The summed E-state index contributed by atoms with van der Waals surface area (Å²) < 4.78 is 0. The van der Waals surface area contributed by atoms with E-state index in [9.17, 15) is 9.59 Å². The van der Waals surface area contributed by atoms with Gasteiger partial charge in [-0.2, -0.15) is 5.10 Å². The molecule has 3 heterocycles. The SMILES string of the molecule is O=C(NC1CCCN(C(=O)c2cccs2)C1)c1cn[nH]c1-c1ccccc1. The van der Waals surface area contributed by atoms with Gasteiger partial charge in [0.2, 0.25) is 0 Å². The number of carbonyl (C=O) groups excluding carboxylic acids is 2. The fraction of sp³-hybridized carbons (Fsp3) is 0.250. The van der Waals surface area contributed by atoms with Crippen molar-refractivity contribution in [2.45, 2.75) is 18.9 Å². The first-order valence-electron chi connectivity index (χ1n) is 8.95. The molecule has 1 unspecified atom stereocenters. The van der Waals surface area contributed by atoms with Gasteiger partial charge in [-0.05, 0) is 24.3 Å². The van der Waals surface area contributed by atoms with E-state index in [1.807, 2.05) is 52.7 Å². The van der Waals surface area contributed by atoms with E-state index in [-0.39, 0.29) is 17.9 Å². The summed E-state index contributed by atoms with van der Waals surface area (Å²) in [6.07, 6.45) is 3.28. The highest BCUT2D eigenvalue weighted by atomic mass is 32.1. The predicted molar refractivity (Wildman–Crippen MR) is 105 cm³/mol. The Morgan fingerprint density at radius 2 is 2.04 bits per heavy atom. The molecule has 1 fully saturated rings. The number of rotatable bonds is 4. The molecule has 0 radical (unpaired) electrons. The van der Waals surface area contributed by atoms with Gasteiger partial charge in [-0.1, -0.05) is 36.4 Å². The molecule has 1 saturated heterocycles. The minimum Gasteiger partial charge on any atom is -0.347 e. The van der Waals surface area contributed by atoms with Crippen molar-refractivity contribution in [3.05, 3.63) is 64.5 Å². The molecule has 2 aromatic heterocycles. The van der Waals surface area contributed by atoms with Crippen LogP contribution >= 0.6 is 11.3 Å². The lowest BCUT2D eigenvalue weighted by Crippen LogP contribution is -2.49. The number of aromatic amines is 1. The van der Waals surface area contributed by atoms with E-state index in [1.54, 1.807) is 6.20 Å². The Labute approximate surface area is 161 Å². The number of H-pyrrole nitrogens is 1. The Morgan fingerprint density at radius 1 is 1.19 bits per heavy atom. The van der Waals surface area contributed by atoms with Crippen LogP contribution in [0.2, 0.25) is 0 Å². The van der Waals surface area contributed by atoms with E-state index >= 15 is 0 Å². The van der Waals surface area contributed by atoms with Crippen molar-refractivity contribution in [3.8, 4) is 11.3 Å². The van der Waals surface area contributed by atoms with Crippen LogP contribution in [-0.4, -0.2) is 46.0 Å².